The summed E-state index contributed by atoms with van der Waals surface area (Å²) in [7, 11) is 0. The third-order valence-electron chi connectivity index (χ3n) is 2.42. The van der Waals surface area contributed by atoms with E-state index in [2.05, 4.69) is 56.6 Å². The minimum absolute atomic E-state index is 0.366. The van der Waals surface area contributed by atoms with Crippen molar-refractivity contribution in [1.29, 1.82) is 0 Å². The largest absolute Gasteiger partial charge is 0.383 e. The minimum Gasteiger partial charge on any atom is -0.383 e. The first-order valence-electron chi connectivity index (χ1n) is 5.63. The van der Waals surface area contributed by atoms with Crippen molar-refractivity contribution in [2.45, 2.75) is 39.8 Å². The van der Waals surface area contributed by atoms with E-state index >= 15 is 0 Å². The van der Waals surface area contributed by atoms with E-state index < -0.39 is 0 Å². The molecular formula is C13H22N2. The number of rotatable bonds is 4. The van der Waals surface area contributed by atoms with Gasteiger partial charge in [0.1, 0.15) is 0 Å². The molecule has 0 saturated carbocycles. The minimum atomic E-state index is 0.366. The molecule has 2 unspecified atom stereocenters. The maximum Gasteiger partial charge on any atom is 0.0633 e. The zero-order valence-electron chi connectivity index (χ0n) is 10.2. The maximum absolute atomic E-state index is 3.49. The highest BCUT2D eigenvalue weighted by Crippen LogP contribution is 2.09. The second-order valence-electron chi connectivity index (χ2n) is 4.26. The number of nitrogens with one attached hydrogen (secondary N) is 2. The van der Waals surface area contributed by atoms with Crippen LogP contribution in [0.2, 0.25) is 0 Å². The van der Waals surface area contributed by atoms with Crippen molar-refractivity contribution in [3.63, 3.8) is 0 Å². The van der Waals surface area contributed by atoms with Crippen LogP contribution >= 0.6 is 0 Å². The lowest BCUT2D eigenvalue weighted by molar-refractivity contribution is 0.514. The summed E-state index contributed by atoms with van der Waals surface area (Å²) in [5.41, 5.74) is 2.67. The third kappa shape index (κ3) is 3.92. The van der Waals surface area contributed by atoms with E-state index in [1.165, 1.54) is 11.1 Å². The van der Waals surface area contributed by atoms with E-state index in [1.807, 2.05) is 6.20 Å². The predicted molar refractivity (Wildman–Crippen MR) is 66.7 cm³/mol. The van der Waals surface area contributed by atoms with E-state index in [0.717, 1.165) is 6.54 Å². The zero-order valence-corrected chi connectivity index (χ0v) is 10.2. The molecule has 0 aromatic heterocycles. The topological polar surface area (TPSA) is 24.1 Å². The number of likely N-dealkylation sites (N-methyl/N-ethyl adjacent to an activating group) is 1. The summed E-state index contributed by atoms with van der Waals surface area (Å²) >= 11 is 0. The van der Waals surface area contributed by atoms with Gasteiger partial charge in [0, 0.05) is 6.04 Å². The molecule has 0 bridgehead atoms. The van der Waals surface area contributed by atoms with Crippen molar-refractivity contribution in [2.75, 3.05) is 6.54 Å². The molecule has 1 rings (SSSR count). The van der Waals surface area contributed by atoms with Crippen molar-refractivity contribution in [3.8, 4) is 0 Å². The van der Waals surface area contributed by atoms with E-state index in [1.54, 1.807) is 0 Å². The van der Waals surface area contributed by atoms with Crippen LogP contribution in [0.15, 0.2) is 35.6 Å². The lowest BCUT2D eigenvalue weighted by Gasteiger charge is -2.26. The van der Waals surface area contributed by atoms with Crippen molar-refractivity contribution >= 4 is 0 Å². The van der Waals surface area contributed by atoms with Gasteiger partial charge in [0.05, 0.1) is 6.04 Å². The molecule has 0 fully saturated rings. The smallest absolute Gasteiger partial charge is 0.0633 e. The van der Waals surface area contributed by atoms with Gasteiger partial charge in [-0.2, -0.15) is 0 Å². The Morgan fingerprint density at radius 3 is 2.87 bits per heavy atom. The summed E-state index contributed by atoms with van der Waals surface area (Å²) in [6.45, 7) is 9.54. The van der Waals surface area contributed by atoms with Crippen LogP contribution in [0, 0.1) is 0 Å². The number of allylic oxidation sites excluding steroid dienone is 3. The Balaban J connectivity index is 2.72. The quantitative estimate of drug-likeness (QED) is 0.690. The average Bonchev–Trinajstić information content (AvgIpc) is 2.16. The highest BCUT2D eigenvalue weighted by atomic mass is 15.0. The SMILES string of the molecule is CCNC(C=C(C)C)C1C=C(C)C=CN1. The Hall–Kier alpha value is -1.02. The summed E-state index contributed by atoms with van der Waals surface area (Å²) in [6, 6.07) is 0.741. The predicted octanol–water partition coefficient (Wildman–Crippen LogP) is 2.36. The van der Waals surface area contributed by atoms with Crippen LogP contribution in [0.5, 0.6) is 0 Å². The normalized spacial score (nSPS) is 21.6. The van der Waals surface area contributed by atoms with Crippen molar-refractivity contribution < 1.29 is 0 Å². The Bertz CT molecular complexity index is 283. The maximum atomic E-state index is 3.49. The second-order valence-corrected chi connectivity index (χ2v) is 4.26. The third-order valence-corrected chi connectivity index (χ3v) is 2.42. The van der Waals surface area contributed by atoms with Gasteiger partial charge >= 0.3 is 0 Å². The van der Waals surface area contributed by atoms with Gasteiger partial charge in [-0.3, -0.25) is 0 Å². The zero-order chi connectivity index (χ0) is 11.3. The summed E-state index contributed by atoms with van der Waals surface area (Å²) in [6.07, 6.45) is 8.68. The average molecular weight is 206 g/mol. The molecule has 0 aliphatic carbocycles. The fraction of sp³-hybridized carbons (Fsp3) is 0.538. The molecular weight excluding hydrogens is 184 g/mol. The molecule has 0 saturated heterocycles. The van der Waals surface area contributed by atoms with Crippen LogP contribution < -0.4 is 10.6 Å². The molecule has 0 aromatic rings. The summed E-state index contributed by atoms with van der Waals surface area (Å²) < 4.78 is 0. The molecule has 0 amide bonds. The van der Waals surface area contributed by atoms with E-state index in [-0.39, 0.29) is 0 Å². The van der Waals surface area contributed by atoms with Gasteiger partial charge in [-0.25, -0.2) is 0 Å². The van der Waals surface area contributed by atoms with E-state index in [9.17, 15) is 0 Å². The molecule has 0 spiro atoms. The van der Waals surface area contributed by atoms with E-state index in [4.69, 9.17) is 0 Å². The highest BCUT2D eigenvalue weighted by molar-refractivity contribution is 5.26. The van der Waals surface area contributed by atoms with Gasteiger partial charge in [0.2, 0.25) is 0 Å². The van der Waals surface area contributed by atoms with Crippen molar-refractivity contribution in [1.82, 2.24) is 10.6 Å². The first-order chi connectivity index (χ1) is 7.13. The standard InChI is InChI=1S/C13H22N2/c1-5-14-12(8-10(2)3)13-9-11(4)6-7-15-13/h6-9,12-15H,5H2,1-4H3. The van der Waals surface area contributed by atoms with Crippen LogP contribution in [0.25, 0.3) is 0 Å². The van der Waals surface area contributed by atoms with Gasteiger partial charge in [-0.05, 0) is 39.6 Å². The monoisotopic (exact) mass is 206 g/mol. The van der Waals surface area contributed by atoms with Crippen LogP contribution in [-0.2, 0) is 0 Å². The second kappa shape index (κ2) is 5.76. The lowest BCUT2D eigenvalue weighted by Crippen LogP contribution is -2.45. The molecule has 1 aliphatic heterocycles. The molecule has 2 N–H and O–H groups in total. The molecule has 0 radical (unpaired) electrons. The van der Waals surface area contributed by atoms with Crippen LogP contribution in [-0.4, -0.2) is 18.6 Å². The molecule has 2 atom stereocenters. The molecule has 2 nitrogen and oxygen atoms in total. The molecule has 2 heteroatoms. The number of dihydropyridines is 1. The van der Waals surface area contributed by atoms with Gasteiger partial charge in [0.15, 0.2) is 0 Å². The number of hydrogen-bond acceptors (Lipinski definition) is 2. The van der Waals surface area contributed by atoms with Crippen LogP contribution in [0.1, 0.15) is 27.7 Å². The fourth-order valence-corrected chi connectivity index (χ4v) is 1.77. The van der Waals surface area contributed by atoms with Gasteiger partial charge in [-0.15, -0.1) is 0 Å². The molecule has 1 heterocycles. The van der Waals surface area contributed by atoms with Gasteiger partial charge in [-0.1, -0.05) is 30.2 Å². The van der Waals surface area contributed by atoms with Gasteiger partial charge < -0.3 is 10.6 Å². The first-order valence-corrected chi connectivity index (χ1v) is 5.63. The Labute approximate surface area is 93.1 Å². The summed E-state index contributed by atoms with van der Waals surface area (Å²) in [5, 5.41) is 6.86. The molecule has 84 valence electrons. The Morgan fingerprint density at radius 2 is 2.33 bits per heavy atom. The number of hydrogen-bond donors (Lipinski definition) is 2. The highest BCUT2D eigenvalue weighted by Gasteiger charge is 2.16. The Morgan fingerprint density at radius 1 is 1.60 bits per heavy atom. The molecule has 1 aliphatic rings. The van der Waals surface area contributed by atoms with Crippen molar-refractivity contribution in [3.05, 3.63) is 35.6 Å². The van der Waals surface area contributed by atoms with Crippen LogP contribution in [0.4, 0.5) is 0 Å². The summed E-state index contributed by atoms with van der Waals surface area (Å²) in [4.78, 5) is 0. The molecule has 15 heavy (non-hydrogen) atoms. The lowest BCUT2D eigenvalue weighted by atomic mass is 10.0. The van der Waals surface area contributed by atoms with E-state index in [0.29, 0.717) is 12.1 Å². The fourth-order valence-electron chi connectivity index (χ4n) is 1.77. The van der Waals surface area contributed by atoms with Crippen molar-refractivity contribution in [2.24, 2.45) is 0 Å². The molecule has 0 aromatic carbocycles. The van der Waals surface area contributed by atoms with Gasteiger partial charge in [0.25, 0.3) is 0 Å². The van der Waals surface area contributed by atoms with Crippen LogP contribution in [0.3, 0.4) is 0 Å². The first kappa shape index (κ1) is 12.1. The Kier molecular flexibility index (Phi) is 4.63. The summed E-state index contributed by atoms with van der Waals surface area (Å²) in [5.74, 6) is 0.